The standard InChI is InChI=1S/C27H52O6/c1-20(2)10-6-11-21(3)12-7-13-22(4)14-8-15-23(5)16-9-17-26(31)33-19-25(30)27(32)24(29)18-28/h16,20-22,24-25,27-30,32H,6-15,17-19H2,1-5H3/t21?,22?,24-,25+,27+/m1/s1. The summed E-state index contributed by atoms with van der Waals surface area (Å²) in [5.41, 5.74) is 1.27. The van der Waals surface area contributed by atoms with E-state index in [1.165, 1.54) is 50.5 Å². The van der Waals surface area contributed by atoms with Crippen LogP contribution in [0.25, 0.3) is 0 Å². The number of aliphatic hydroxyl groups excluding tert-OH is 4. The van der Waals surface area contributed by atoms with E-state index < -0.39 is 37.5 Å². The minimum absolute atomic E-state index is 0.203. The van der Waals surface area contributed by atoms with Crippen molar-refractivity contribution in [2.24, 2.45) is 17.8 Å². The van der Waals surface area contributed by atoms with E-state index in [4.69, 9.17) is 9.84 Å². The first-order chi connectivity index (χ1) is 15.6. The van der Waals surface area contributed by atoms with E-state index in [0.717, 1.165) is 30.6 Å². The molecule has 0 heterocycles. The molecule has 0 aromatic heterocycles. The number of carbonyl (C=O) groups is 1. The molecular weight excluding hydrogens is 420 g/mol. The molecule has 0 amide bonds. The maximum Gasteiger partial charge on any atom is 0.306 e. The number of hydrogen-bond acceptors (Lipinski definition) is 6. The summed E-state index contributed by atoms with van der Waals surface area (Å²) in [6.07, 6.45) is 9.87. The number of ether oxygens (including phenoxy) is 1. The second-order valence-electron chi connectivity index (χ2n) is 10.4. The summed E-state index contributed by atoms with van der Waals surface area (Å²) >= 11 is 0. The van der Waals surface area contributed by atoms with Crippen molar-refractivity contribution in [3.63, 3.8) is 0 Å². The number of rotatable bonds is 20. The van der Waals surface area contributed by atoms with Gasteiger partial charge in [-0.25, -0.2) is 0 Å². The molecule has 0 rings (SSSR count). The van der Waals surface area contributed by atoms with Gasteiger partial charge in [-0.15, -0.1) is 0 Å². The largest absolute Gasteiger partial charge is 0.463 e. The third-order valence-electron chi connectivity index (χ3n) is 6.37. The maximum absolute atomic E-state index is 11.8. The van der Waals surface area contributed by atoms with E-state index in [-0.39, 0.29) is 6.42 Å². The summed E-state index contributed by atoms with van der Waals surface area (Å²) < 4.78 is 4.93. The Bertz CT molecular complexity index is 519. The van der Waals surface area contributed by atoms with Crippen molar-refractivity contribution >= 4 is 5.97 Å². The Balaban J connectivity index is 3.86. The second kappa shape index (κ2) is 19.4. The molecule has 0 aliphatic carbocycles. The number of allylic oxidation sites excluding steroid dienone is 2. The molecule has 0 aromatic rings. The van der Waals surface area contributed by atoms with Crippen LogP contribution in [0.1, 0.15) is 105 Å². The molecule has 196 valence electrons. The van der Waals surface area contributed by atoms with E-state index in [0.29, 0.717) is 6.42 Å². The molecule has 0 aromatic carbocycles. The fourth-order valence-electron chi connectivity index (χ4n) is 3.96. The lowest BCUT2D eigenvalue weighted by Crippen LogP contribution is -2.42. The van der Waals surface area contributed by atoms with Gasteiger partial charge in [0.25, 0.3) is 0 Å². The quantitative estimate of drug-likeness (QED) is 0.150. The van der Waals surface area contributed by atoms with Gasteiger partial charge >= 0.3 is 5.97 Å². The lowest BCUT2D eigenvalue weighted by Gasteiger charge is -2.21. The van der Waals surface area contributed by atoms with Gasteiger partial charge in [0.15, 0.2) is 0 Å². The highest BCUT2D eigenvalue weighted by atomic mass is 16.5. The molecule has 0 saturated carbocycles. The summed E-state index contributed by atoms with van der Waals surface area (Å²) in [7, 11) is 0. The summed E-state index contributed by atoms with van der Waals surface area (Å²) in [4.78, 5) is 11.8. The SMILES string of the molecule is CC(=CCCC(=O)OC[C@H](O)[C@@H](O)[C@H](O)CO)CCCC(C)CCCC(C)CCCC(C)C. The predicted octanol–water partition coefficient (Wildman–Crippen LogP) is 4.77. The van der Waals surface area contributed by atoms with Gasteiger partial charge < -0.3 is 25.2 Å². The van der Waals surface area contributed by atoms with Gasteiger partial charge in [0.2, 0.25) is 0 Å². The highest BCUT2D eigenvalue weighted by Crippen LogP contribution is 2.22. The van der Waals surface area contributed by atoms with Gasteiger partial charge in [0.05, 0.1) is 6.61 Å². The van der Waals surface area contributed by atoms with Crippen LogP contribution in [0.15, 0.2) is 11.6 Å². The van der Waals surface area contributed by atoms with Crippen LogP contribution in [0.2, 0.25) is 0 Å². The summed E-state index contributed by atoms with van der Waals surface area (Å²) in [5, 5.41) is 37.2. The van der Waals surface area contributed by atoms with Crippen molar-refractivity contribution in [2.75, 3.05) is 13.2 Å². The molecule has 33 heavy (non-hydrogen) atoms. The van der Waals surface area contributed by atoms with Gasteiger partial charge in [-0.1, -0.05) is 84.3 Å². The van der Waals surface area contributed by atoms with Crippen molar-refractivity contribution < 1.29 is 30.0 Å². The monoisotopic (exact) mass is 472 g/mol. The molecule has 2 unspecified atom stereocenters. The Hall–Kier alpha value is -0.950. The molecule has 0 spiro atoms. The van der Waals surface area contributed by atoms with Crippen LogP contribution < -0.4 is 0 Å². The van der Waals surface area contributed by atoms with Crippen molar-refractivity contribution in [3.8, 4) is 0 Å². The van der Waals surface area contributed by atoms with Gasteiger partial charge in [0, 0.05) is 6.42 Å². The summed E-state index contributed by atoms with van der Waals surface area (Å²) in [6.45, 7) is 10.3. The number of aliphatic hydroxyl groups is 4. The van der Waals surface area contributed by atoms with Crippen LogP contribution in [-0.4, -0.2) is 57.9 Å². The lowest BCUT2D eigenvalue weighted by molar-refractivity contribution is -0.152. The van der Waals surface area contributed by atoms with Gasteiger partial charge in [-0.05, 0) is 43.9 Å². The zero-order chi connectivity index (χ0) is 25.2. The van der Waals surface area contributed by atoms with E-state index in [1.54, 1.807) is 0 Å². The zero-order valence-electron chi connectivity index (χ0n) is 21.8. The van der Waals surface area contributed by atoms with Crippen molar-refractivity contribution in [2.45, 2.75) is 124 Å². The van der Waals surface area contributed by atoms with Crippen LogP contribution in [0.5, 0.6) is 0 Å². The molecular formula is C27H52O6. The molecule has 5 atom stereocenters. The first kappa shape index (κ1) is 32.0. The summed E-state index contributed by atoms with van der Waals surface area (Å²) in [6, 6.07) is 0. The first-order valence-corrected chi connectivity index (χ1v) is 13.0. The maximum atomic E-state index is 11.8. The van der Waals surface area contributed by atoms with Gasteiger partial charge in [0.1, 0.15) is 24.9 Å². The first-order valence-electron chi connectivity index (χ1n) is 13.0. The van der Waals surface area contributed by atoms with E-state index in [9.17, 15) is 20.1 Å². The molecule has 0 aliphatic rings. The number of hydrogen-bond donors (Lipinski definition) is 4. The number of carbonyl (C=O) groups excluding carboxylic acids is 1. The smallest absolute Gasteiger partial charge is 0.306 e. The minimum atomic E-state index is -1.55. The second-order valence-corrected chi connectivity index (χ2v) is 10.4. The van der Waals surface area contributed by atoms with Crippen LogP contribution in [0.3, 0.4) is 0 Å². The molecule has 6 nitrogen and oxygen atoms in total. The van der Waals surface area contributed by atoms with Crippen LogP contribution in [0, 0.1) is 17.8 Å². The third-order valence-corrected chi connectivity index (χ3v) is 6.37. The van der Waals surface area contributed by atoms with Crippen molar-refractivity contribution in [1.29, 1.82) is 0 Å². The molecule has 4 N–H and O–H groups in total. The topological polar surface area (TPSA) is 107 Å². The molecule has 0 bridgehead atoms. The van der Waals surface area contributed by atoms with Gasteiger partial charge in [-0.2, -0.15) is 0 Å². The van der Waals surface area contributed by atoms with E-state index in [1.807, 2.05) is 0 Å². The molecule has 0 fully saturated rings. The van der Waals surface area contributed by atoms with E-state index >= 15 is 0 Å². The fraction of sp³-hybridized carbons (Fsp3) is 0.889. The lowest BCUT2D eigenvalue weighted by atomic mass is 9.91. The highest BCUT2D eigenvalue weighted by Gasteiger charge is 2.25. The third kappa shape index (κ3) is 18.1. The zero-order valence-corrected chi connectivity index (χ0v) is 21.8. The predicted molar refractivity (Wildman–Crippen MR) is 134 cm³/mol. The molecule has 6 heteroatoms. The Labute approximate surface area is 202 Å². The number of esters is 1. The summed E-state index contributed by atoms with van der Waals surface area (Å²) in [5.74, 6) is 1.95. The van der Waals surface area contributed by atoms with Crippen molar-refractivity contribution in [1.82, 2.24) is 0 Å². The minimum Gasteiger partial charge on any atom is -0.463 e. The Kier molecular flexibility index (Phi) is 18.8. The van der Waals surface area contributed by atoms with Crippen LogP contribution in [0.4, 0.5) is 0 Å². The molecule has 0 aliphatic heterocycles. The molecule has 0 radical (unpaired) electrons. The molecule has 0 saturated heterocycles. The van der Waals surface area contributed by atoms with Crippen LogP contribution >= 0.6 is 0 Å². The van der Waals surface area contributed by atoms with Crippen molar-refractivity contribution in [3.05, 3.63) is 11.6 Å². The Morgan fingerprint density at radius 2 is 1.36 bits per heavy atom. The normalized spacial score (nSPS) is 17.0. The van der Waals surface area contributed by atoms with Crippen LogP contribution in [-0.2, 0) is 9.53 Å². The Morgan fingerprint density at radius 3 is 1.91 bits per heavy atom. The van der Waals surface area contributed by atoms with E-state index in [2.05, 4.69) is 40.7 Å². The average molecular weight is 473 g/mol. The average Bonchev–Trinajstić information content (AvgIpc) is 2.76. The van der Waals surface area contributed by atoms with Gasteiger partial charge in [-0.3, -0.25) is 4.79 Å². The Morgan fingerprint density at radius 1 is 0.818 bits per heavy atom. The fourth-order valence-corrected chi connectivity index (χ4v) is 3.96. The highest BCUT2D eigenvalue weighted by molar-refractivity contribution is 5.69.